The number of benzene rings is 2. The number of hydrogen-bond donors (Lipinski definition) is 0. The van der Waals surface area contributed by atoms with Gasteiger partial charge in [0.25, 0.3) is 10.0 Å². The Balaban J connectivity index is 2.14. The maximum Gasteiger partial charge on any atom is 0.268 e. The molecule has 0 spiro atoms. The Bertz CT molecular complexity index is 865. The molecule has 1 aliphatic heterocycles. The van der Waals surface area contributed by atoms with Crippen molar-refractivity contribution in [1.29, 1.82) is 0 Å². The van der Waals surface area contributed by atoms with Gasteiger partial charge in [0.15, 0.2) is 0 Å². The number of nitrogens with zero attached hydrogens (tertiary/aromatic N) is 1. The maximum atomic E-state index is 13.3. The van der Waals surface area contributed by atoms with E-state index in [-0.39, 0.29) is 4.90 Å². The van der Waals surface area contributed by atoms with Gasteiger partial charge in [0.05, 0.1) is 12.3 Å². The molecule has 0 radical (unpaired) electrons. The van der Waals surface area contributed by atoms with Crippen LogP contribution in [0.3, 0.4) is 0 Å². The lowest BCUT2D eigenvalue weighted by Gasteiger charge is -2.31. The minimum absolute atomic E-state index is 0.122. The summed E-state index contributed by atoms with van der Waals surface area (Å²) >= 11 is 6.19. The van der Waals surface area contributed by atoms with Crippen LogP contribution >= 0.6 is 11.6 Å². The molecule has 128 valence electrons. The molecule has 1 heterocycles. The van der Waals surface area contributed by atoms with Crippen LogP contribution in [0.25, 0.3) is 0 Å². The van der Waals surface area contributed by atoms with Crippen LogP contribution in [0.2, 0.25) is 5.02 Å². The largest absolute Gasteiger partial charge is 0.492 e. The summed E-state index contributed by atoms with van der Waals surface area (Å²) in [6.07, 6.45) is 1.68. The third-order valence-corrected chi connectivity index (χ3v) is 6.40. The molecule has 0 aliphatic carbocycles. The quantitative estimate of drug-likeness (QED) is 0.816. The molecule has 0 saturated carbocycles. The third kappa shape index (κ3) is 2.98. The highest BCUT2D eigenvalue weighted by Gasteiger charge is 2.31. The molecule has 1 aliphatic rings. The summed E-state index contributed by atoms with van der Waals surface area (Å²) in [5, 5.41) is 0.419. The van der Waals surface area contributed by atoms with Crippen molar-refractivity contribution in [2.24, 2.45) is 0 Å². The van der Waals surface area contributed by atoms with Crippen molar-refractivity contribution in [2.75, 3.05) is 17.5 Å². The van der Waals surface area contributed by atoms with E-state index in [1.165, 1.54) is 10.4 Å². The predicted octanol–water partition coefficient (Wildman–Crippen LogP) is 4.19. The number of anilines is 1. The summed E-state index contributed by atoms with van der Waals surface area (Å²) in [7, 11) is -3.74. The second-order valence-electron chi connectivity index (χ2n) is 5.79. The third-order valence-electron chi connectivity index (χ3n) is 4.16. The lowest BCUT2D eigenvalue weighted by Crippen LogP contribution is -2.35. The summed E-state index contributed by atoms with van der Waals surface area (Å²) in [4.78, 5) is 0.122. The van der Waals surface area contributed by atoms with Crippen LogP contribution in [-0.4, -0.2) is 21.6 Å². The minimum atomic E-state index is -3.74. The zero-order valence-electron chi connectivity index (χ0n) is 13.8. The number of halogens is 1. The molecule has 3 rings (SSSR count). The van der Waals surface area contributed by atoms with Crippen molar-refractivity contribution in [3.8, 4) is 5.75 Å². The van der Waals surface area contributed by atoms with Crippen LogP contribution in [0.4, 0.5) is 5.69 Å². The molecule has 2 aromatic rings. The molecule has 2 aromatic carbocycles. The number of fused-ring (bicyclic) bond motifs is 1. The molecule has 0 atom stereocenters. The van der Waals surface area contributed by atoms with Crippen LogP contribution in [-0.2, 0) is 16.4 Å². The minimum Gasteiger partial charge on any atom is -0.492 e. The highest BCUT2D eigenvalue weighted by molar-refractivity contribution is 7.93. The van der Waals surface area contributed by atoms with Gasteiger partial charge in [0.2, 0.25) is 0 Å². The molecule has 0 amide bonds. The van der Waals surface area contributed by atoms with Gasteiger partial charge in [-0.15, -0.1) is 0 Å². The monoisotopic (exact) mass is 365 g/mol. The molecular weight excluding hydrogens is 346 g/mol. The number of aryl methyl sites for hydroxylation is 2. The van der Waals surface area contributed by atoms with Gasteiger partial charge >= 0.3 is 0 Å². The van der Waals surface area contributed by atoms with Crippen molar-refractivity contribution in [1.82, 2.24) is 0 Å². The van der Waals surface area contributed by atoms with E-state index in [1.807, 2.05) is 38.1 Å². The van der Waals surface area contributed by atoms with Crippen molar-refractivity contribution in [3.63, 3.8) is 0 Å². The van der Waals surface area contributed by atoms with Crippen LogP contribution in [0.15, 0.2) is 41.3 Å². The van der Waals surface area contributed by atoms with Gasteiger partial charge < -0.3 is 4.74 Å². The second kappa shape index (κ2) is 6.65. The van der Waals surface area contributed by atoms with E-state index in [0.29, 0.717) is 23.9 Å². The SMILES string of the molecule is CCOc1cc(C)c(Cl)cc1S(=O)(=O)N1CCCc2ccccc21. The fourth-order valence-corrected chi connectivity index (χ4v) is 4.89. The fraction of sp³-hybridized carbons (Fsp3) is 0.333. The second-order valence-corrected chi connectivity index (χ2v) is 8.03. The number of sulfonamides is 1. The normalized spacial score (nSPS) is 14.4. The summed E-state index contributed by atoms with van der Waals surface area (Å²) < 4.78 is 33.6. The standard InChI is InChI=1S/C18H20ClNO3S/c1-3-23-17-11-13(2)15(19)12-18(17)24(21,22)20-10-6-8-14-7-4-5-9-16(14)20/h4-5,7,9,11-12H,3,6,8,10H2,1-2H3. The van der Waals surface area contributed by atoms with Crippen LogP contribution < -0.4 is 9.04 Å². The van der Waals surface area contributed by atoms with E-state index in [2.05, 4.69) is 0 Å². The van der Waals surface area contributed by atoms with Gasteiger partial charge in [-0.1, -0.05) is 29.8 Å². The van der Waals surface area contributed by atoms with E-state index in [0.717, 1.165) is 29.7 Å². The van der Waals surface area contributed by atoms with Gasteiger partial charge in [-0.25, -0.2) is 8.42 Å². The molecule has 0 bridgehead atoms. The van der Waals surface area contributed by atoms with Crippen molar-refractivity contribution in [2.45, 2.75) is 31.6 Å². The molecule has 0 unspecified atom stereocenters. The Kier molecular flexibility index (Phi) is 4.74. The van der Waals surface area contributed by atoms with Gasteiger partial charge in [0.1, 0.15) is 10.6 Å². The first kappa shape index (κ1) is 17.1. The maximum absolute atomic E-state index is 13.3. The number of rotatable bonds is 4. The van der Waals surface area contributed by atoms with Gasteiger partial charge in [-0.2, -0.15) is 0 Å². The summed E-state index contributed by atoms with van der Waals surface area (Å²) in [6.45, 7) is 4.50. The summed E-state index contributed by atoms with van der Waals surface area (Å²) in [6, 6.07) is 10.8. The molecule has 6 heteroatoms. The zero-order chi connectivity index (χ0) is 17.3. The Labute approximate surface area is 148 Å². The lowest BCUT2D eigenvalue weighted by molar-refractivity contribution is 0.331. The lowest BCUT2D eigenvalue weighted by atomic mass is 10.0. The zero-order valence-corrected chi connectivity index (χ0v) is 15.3. The van der Waals surface area contributed by atoms with E-state index in [1.54, 1.807) is 6.07 Å². The van der Waals surface area contributed by atoms with Crippen molar-refractivity contribution in [3.05, 3.63) is 52.5 Å². The van der Waals surface area contributed by atoms with Crippen LogP contribution in [0.1, 0.15) is 24.5 Å². The molecule has 0 fully saturated rings. The summed E-state index contributed by atoms with van der Waals surface area (Å²) in [5.74, 6) is 0.349. The Morgan fingerprint density at radius 2 is 2.00 bits per heavy atom. The Morgan fingerprint density at radius 3 is 2.75 bits per heavy atom. The number of ether oxygens (including phenoxy) is 1. The highest BCUT2D eigenvalue weighted by atomic mass is 35.5. The predicted molar refractivity (Wildman–Crippen MR) is 96.7 cm³/mol. The van der Waals surface area contributed by atoms with Crippen molar-refractivity contribution >= 4 is 27.3 Å². The first-order chi connectivity index (χ1) is 11.4. The molecule has 0 N–H and O–H groups in total. The first-order valence-corrected chi connectivity index (χ1v) is 9.80. The van der Waals surface area contributed by atoms with E-state index in [9.17, 15) is 8.42 Å². The van der Waals surface area contributed by atoms with Gasteiger partial charge in [-0.3, -0.25) is 4.31 Å². The fourth-order valence-electron chi connectivity index (χ4n) is 2.97. The highest BCUT2D eigenvalue weighted by Crippen LogP contribution is 2.37. The Hall–Kier alpha value is -1.72. The summed E-state index contributed by atoms with van der Waals surface area (Å²) in [5.41, 5.74) is 2.57. The van der Waals surface area contributed by atoms with Crippen LogP contribution in [0.5, 0.6) is 5.75 Å². The Morgan fingerprint density at radius 1 is 1.25 bits per heavy atom. The van der Waals surface area contributed by atoms with Gasteiger partial charge in [0, 0.05) is 11.6 Å². The topological polar surface area (TPSA) is 46.6 Å². The van der Waals surface area contributed by atoms with Gasteiger partial charge in [-0.05, 0) is 56.0 Å². The van der Waals surface area contributed by atoms with E-state index >= 15 is 0 Å². The van der Waals surface area contributed by atoms with E-state index in [4.69, 9.17) is 16.3 Å². The van der Waals surface area contributed by atoms with E-state index < -0.39 is 10.0 Å². The van der Waals surface area contributed by atoms with Crippen molar-refractivity contribution < 1.29 is 13.2 Å². The molecule has 24 heavy (non-hydrogen) atoms. The molecule has 0 aromatic heterocycles. The van der Waals surface area contributed by atoms with Crippen LogP contribution in [0, 0.1) is 6.92 Å². The molecular formula is C18H20ClNO3S. The average molecular weight is 366 g/mol. The smallest absolute Gasteiger partial charge is 0.268 e. The average Bonchev–Trinajstić information content (AvgIpc) is 2.57. The first-order valence-electron chi connectivity index (χ1n) is 7.98. The number of hydrogen-bond acceptors (Lipinski definition) is 3. The molecule has 4 nitrogen and oxygen atoms in total. The number of para-hydroxylation sites is 1. The molecule has 0 saturated heterocycles.